The molecule has 2 aromatic rings. The van der Waals surface area contributed by atoms with Gasteiger partial charge in [-0.1, -0.05) is 48.6 Å². The number of ether oxygens (including phenoxy) is 1. The van der Waals surface area contributed by atoms with Gasteiger partial charge in [-0.15, -0.1) is 0 Å². The summed E-state index contributed by atoms with van der Waals surface area (Å²) in [5, 5.41) is 0. The van der Waals surface area contributed by atoms with E-state index in [1.807, 2.05) is 67.6 Å². The van der Waals surface area contributed by atoms with Crippen LogP contribution in [0, 0.1) is 0 Å². The van der Waals surface area contributed by atoms with E-state index in [-0.39, 0.29) is 12.4 Å². The van der Waals surface area contributed by atoms with Gasteiger partial charge in [-0.05, 0) is 35.8 Å². The minimum absolute atomic E-state index is 0.222. The maximum atomic E-state index is 11.7. The highest BCUT2D eigenvalue weighted by atomic mass is 16.5. The van der Waals surface area contributed by atoms with Crippen molar-refractivity contribution in [2.45, 2.75) is 13.3 Å². The van der Waals surface area contributed by atoms with E-state index in [9.17, 15) is 4.79 Å². The molecule has 0 unspecified atom stereocenters. The van der Waals surface area contributed by atoms with Crippen LogP contribution in [0.5, 0.6) is 0 Å². The summed E-state index contributed by atoms with van der Waals surface area (Å²) in [4.78, 5) is 15.7. The molecule has 0 aliphatic carbocycles. The number of hydrogen-bond acceptors (Lipinski definition) is 3. The lowest BCUT2D eigenvalue weighted by Gasteiger charge is -2.04. The van der Waals surface area contributed by atoms with Gasteiger partial charge < -0.3 is 4.74 Å². The quantitative estimate of drug-likeness (QED) is 0.594. The number of hydrogen-bond donors (Lipinski definition) is 0. The average Bonchev–Trinajstić information content (AvgIpc) is 2.55. The molecule has 0 radical (unpaired) electrons. The fourth-order valence-corrected chi connectivity index (χ4v) is 1.98. The van der Waals surface area contributed by atoms with E-state index in [2.05, 4.69) is 4.98 Å². The van der Waals surface area contributed by atoms with E-state index in [0.717, 1.165) is 16.7 Å². The highest BCUT2D eigenvalue weighted by Crippen LogP contribution is 2.14. The second-order valence-corrected chi connectivity index (χ2v) is 4.73. The van der Waals surface area contributed by atoms with Gasteiger partial charge >= 0.3 is 5.97 Å². The Labute approximate surface area is 131 Å². The molecule has 0 fully saturated rings. The van der Waals surface area contributed by atoms with E-state index >= 15 is 0 Å². The Hall–Kier alpha value is -2.68. The fraction of sp³-hybridized carbons (Fsp3) is 0.158. The van der Waals surface area contributed by atoms with Gasteiger partial charge in [0.25, 0.3) is 0 Å². The standard InChI is InChI=1S/C19H19NO2/c1-2-22-19(21)15-18(14-17-10-12-20-13-11-17)9-8-16-6-4-3-5-7-16/h3-14H,2,15H2,1H3/b9-8+,18-14-. The SMILES string of the molecule is CCOC(=O)CC(/C=C/c1ccccc1)=C\c1ccncc1. The van der Waals surface area contributed by atoms with Crippen molar-refractivity contribution in [1.82, 2.24) is 4.98 Å². The zero-order valence-electron chi connectivity index (χ0n) is 12.6. The Bertz CT molecular complexity index is 646. The molecule has 3 nitrogen and oxygen atoms in total. The molecule has 1 heterocycles. The summed E-state index contributed by atoms with van der Waals surface area (Å²) >= 11 is 0. The maximum Gasteiger partial charge on any atom is 0.310 e. The molecular weight excluding hydrogens is 274 g/mol. The van der Waals surface area contributed by atoms with Crippen LogP contribution in [-0.2, 0) is 9.53 Å². The second kappa shape index (κ2) is 8.57. The summed E-state index contributed by atoms with van der Waals surface area (Å²) in [6, 6.07) is 13.8. The molecule has 0 saturated carbocycles. The van der Waals surface area contributed by atoms with Crippen LogP contribution in [0.25, 0.3) is 12.2 Å². The van der Waals surface area contributed by atoms with Crippen molar-refractivity contribution in [2.75, 3.05) is 6.61 Å². The molecule has 0 saturated heterocycles. The minimum atomic E-state index is -0.222. The number of rotatable bonds is 6. The predicted molar refractivity (Wildman–Crippen MR) is 88.9 cm³/mol. The van der Waals surface area contributed by atoms with E-state index < -0.39 is 0 Å². The number of aromatic nitrogens is 1. The van der Waals surface area contributed by atoms with Crippen LogP contribution in [0.4, 0.5) is 0 Å². The van der Waals surface area contributed by atoms with Crippen molar-refractivity contribution >= 4 is 18.1 Å². The van der Waals surface area contributed by atoms with Gasteiger partial charge in [-0.2, -0.15) is 0 Å². The van der Waals surface area contributed by atoms with Crippen LogP contribution < -0.4 is 0 Å². The normalized spacial score (nSPS) is 11.6. The molecule has 1 aromatic heterocycles. The lowest BCUT2D eigenvalue weighted by atomic mass is 10.1. The van der Waals surface area contributed by atoms with Crippen molar-refractivity contribution in [2.24, 2.45) is 0 Å². The molecule has 2 rings (SSSR count). The average molecular weight is 293 g/mol. The number of nitrogens with zero attached hydrogens (tertiary/aromatic N) is 1. The lowest BCUT2D eigenvalue weighted by molar-refractivity contribution is -0.142. The molecule has 0 atom stereocenters. The molecule has 0 spiro atoms. The molecule has 0 aliphatic rings. The van der Waals surface area contributed by atoms with Crippen LogP contribution >= 0.6 is 0 Å². The second-order valence-electron chi connectivity index (χ2n) is 4.73. The maximum absolute atomic E-state index is 11.7. The third-order valence-electron chi connectivity index (χ3n) is 3.00. The zero-order valence-corrected chi connectivity index (χ0v) is 12.6. The molecular formula is C19H19NO2. The predicted octanol–water partition coefficient (Wildman–Crippen LogP) is 4.13. The van der Waals surface area contributed by atoms with Crippen LogP contribution in [0.1, 0.15) is 24.5 Å². The Morgan fingerprint density at radius 3 is 2.50 bits per heavy atom. The Morgan fingerprint density at radius 2 is 1.82 bits per heavy atom. The van der Waals surface area contributed by atoms with Gasteiger partial charge in [0, 0.05) is 12.4 Å². The first-order valence-electron chi connectivity index (χ1n) is 7.27. The highest BCUT2D eigenvalue weighted by molar-refractivity contribution is 5.77. The summed E-state index contributed by atoms with van der Waals surface area (Å²) in [5.74, 6) is -0.222. The molecule has 0 N–H and O–H groups in total. The largest absolute Gasteiger partial charge is 0.466 e. The minimum Gasteiger partial charge on any atom is -0.466 e. The molecule has 0 bridgehead atoms. The van der Waals surface area contributed by atoms with Crippen LogP contribution in [-0.4, -0.2) is 17.6 Å². The zero-order chi connectivity index (χ0) is 15.6. The molecule has 22 heavy (non-hydrogen) atoms. The fourth-order valence-electron chi connectivity index (χ4n) is 1.98. The first-order chi connectivity index (χ1) is 10.8. The number of carbonyl (C=O) groups is 1. The number of carbonyl (C=O) groups excluding carboxylic acids is 1. The third kappa shape index (κ3) is 5.37. The first-order valence-corrected chi connectivity index (χ1v) is 7.27. The van der Waals surface area contributed by atoms with Crippen molar-refractivity contribution in [3.63, 3.8) is 0 Å². The number of benzene rings is 1. The molecule has 0 aliphatic heterocycles. The summed E-state index contributed by atoms with van der Waals surface area (Å²) < 4.78 is 5.04. The van der Waals surface area contributed by atoms with Gasteiger partial charge in [-0.3, -0.25) is 9.78 Å². The van der Waals surface area contributed by atoms with Crippen molar-refractivity contribution in [3.05, 3.63) is 77.6 Å². The van der Waals surface area contributed by atoms with E-state index in [1.165, 1.54) is 0 Å². The number of allylic oxidation sites excluding steroid dienone is 1. The summed E-state index contributed by atoms with van der Waals surface area (Å²) in [6.07, 6.45) is 9.62. The van der Waals surface area contributed by atoms with Gasteiger partial charge in [-0.25, -0.2) is 0 Å². The van der Waals surface area contributed by atoms with Crippen LogP contribution in [0.3, 0.4) is 0 Å². The Kier molecular flexibility index (Phi) is 6.12. The number of esters is 1. The Morgan fingerprint density at radius 1 is 1.09 bits per heavy atom. The molecule has 0 amide bonds. The van der Waals surface area contributed by atoms with Gasteiger partial charge in [0.2, 0.25) is 0 Å². The third-order valence-corrected chi connectivity index (χ3v) is 3.00. The van der Waals surface area contributed by atoms with Crippen molar-refractivity contribution in [3.8, 4) is 0 Å². The highest BCUT2D eigenvalue weighted by Gasteiger charge is 2.04. The molecule has 3 heteroatoms. The van der Waals surface area contributed by atoms with Crippen LogP contribution in [0.15, 0.2) is 66.5 Å². The van der Waals surface area contributed by atoms with E-state index in [4.69, 9.17) is 4.74 Å². The smallest absolute Gasteiger partial charge is 0.310 e. The van der Waals surface area contributed by atoms with Crippen LogP contribution in [0.2, 0.25) is 0 Å². The van der Waals surface area contributed by atoms with Gasteiger partial charge in [0.1, 0.15) is 0 Å². The molecule has 1 aromatic carbocycles. The van der Waals surface area contributed by atoms with Gasteiger partial charge in [0.15, 0.2) is 0 Å². The van der Waals surface area contributed by atoms with Crippen molar-refractivity contribution < 1.29 is 9.53 Å². The summed E-state index contributed by atoms with van der Waals surface area (Å²) in [5.41, 5.74) is 2.99. The first kappa shape index (κ1) is 15.7. The van der Waals surface area contributed by atoms with E-state index in [1.54, 1.807) is 12.4 Å². The molecule has 112 valence electrons. The van der Waals surface area contributed by atoms with Crippen molar-refractivity contribution in [1.29, 1.82) is 0 Å². The summed E-state index contributed by atoms with van der Waals surface area (Å²) in [6.45, 7) is 2.20. The van der Waals surface area contributed by atoms with Gasteiger partial charge in [0.05, 0.1) is 13.0 Å². The topological polar surface area (TPSA) is 39.2 Å². The number of pyridine rings is 1. The lowest BCUT2D eigenvalue weighted by Crippen LogP contribution is -2.04. The van der Waals surface area contributed by atoms with E-state index in [0.29, 0.717) is 6.61 Å². The summed E-state index contributed by atoms with van der Waals surface area (Å²) in [7, 11) is 0. The monoisotopic (exact) mass is 293 g/mol. The Balaban J connectivity index is 2.19.